The summed E-state index contributed by atoms with van der Waals surface area (Å²) in [6.45, 7) is 3.93. The minimum atomic E-state index is -0.503. The predicted octanol–water partition coefficient (Wildman–Crippen LogP) is 4.04. The van der Waals surface area contributed by atoms with Crippen LogP contribution in [0.3, 0.4) is 0 Å². The largest absolute Gasteiger partial charge is 0.396 e. The number of rotatable bonds is 4. The molecule has 4 N–H and O–H groups in total. The molecule has 0 aliphatic heterocycles. The van der Waals surface area contributed by atoms with E-state index in [0.717, 1.165) is 11.3 Å². The molecule has 0 bridgehead atoms. The quantitative estimate of drug-likeness (QED) is 0.435. The SMILES string of the molecule is Cc1ccncc1-c1cc2cc(NC(=O)[C@@H]3[C@@H](C)[C@H]3c3cnc[nH]3)ncc2c(N)c1F. The Balaban J connectivity index is 1.47. The molecule has 0 spiro atoms. The van der Waals surface area contributed by atoms with Crippen LogP contribution in [0.15, 0.2) is 49.3 Å². The number of aryl methyl sites for hydroxylation is 1. The highest BCUT2D eigenvalue weighted by molar-refractivity contribution is 6.00. The van der Waals surface area contributed by atoms with Gasteiger partial charge in [0, 0.05) is 52.9 Å². The van der Waals surface area contributed by atoms with Crippen LogP contribution in [0.1, 0.15) is 24.1 Å². The average molecular weight is 416 g/mol. The summed E-state index contributed by atoms with van der Waals surface area (Å²) in [4.78, 5) is 28.3. The average Bonchev–Trinajstić information content (AvgIpc) is 3.16. The fraction of sp³-hybridized carbons (Fsp3) is 0.217. The number of H-pyrrole nitrogens is 1. The van der Waals surface area contributed by atoms with Gasteiger partial charge in [0.15, 0.2) is 5.82 Å². The molecule has 0 radical (unpaired) electrons. The molecule has 1 aliphatic rings. The fourth-order valence-electron chi connectivity index (χ4n) is 4.31. The van der Waals surface area contributed by atoms with Crippen molar-refractivity contribution < 1.29 is 9.18 Å². The van der Waals surface area contributed by atoms with Gasteiger partial charge in [-0.15, -0.1) is 0 Å². The molecule has 0 unspecified atom stereocenters. The molecule has 1 saturated carbocycles. The maximum Gasteiger partial charge on any atom is 0.229 e. The molecule has 1 aromatic carbocycles. The number of carbonyl (C=O) groups is 1. The van der Waals surface area contributed by atoms with Gasteiger partial charge >= 0.3 is 0 Å². The second-order valence-corrected chi connectivity index (χ2v) is 8.04. The molecule has 3 atom stereocenters. The van der Waals surface area contributed by atoms with Crippen molar-refractivity contribution in [3.05, 3.63) is 66.4 Å². The molecule has 5 rings (SSSR count). The zero-order valence-corrected chi connectivity index (χ0v) is 17.1. The van der Waals surface area contributed by atoms with E-state index in [1.165, 1.54) is 6.20 Å². The van der Waals surface area contributed by atoms with Gasteiger partial charge < -0.3 is 16.0 Å². The standard InChI is InChI=1S/C23H21FN6O/c1-11-3-4-26-7-15(11)14-5-13-6-18(28-8-16(13)22(25)21(14)24)30-23(31)20-12(2)19(20)17-9-27-10-29-17/h3-10,12,19-20H,25H2,1-2H3,(H,27,29)(H,28,30,31)/t12-,19-,20+/m0/s1. The highest BCUT2D eigenvalue weighted by atomic mass is 19.1. The number of nitrogen functional groups attached to an aromatic ring is 1. The third-order valence-electron chi connectivity index (χ3n) is 6.14. The number of benzene rings is 1. The number of hydrogen-bond acceptors (Lipinski definition) is 5. The topological polar surface area (TPSA) is 110 Å². The third-order valence-corrected chi connectivity index (χ3v) is 6.14. The molecule has 1 amide bonds. The van der Waals surface area contributed by atoms with E-state index in [4.69, 9.17) is 5.73 Å². The summed E-state index contributed by atoms with van der Waals surface area (Å²) in [6.07, 6.45) is 8.14. The number of halogens is 1. The maximum absolute atomic E-state index is 15.0. The summed E-state index contributed by atoms with van der Waals surface area (Å²) in [5.41, 5.74) is 8.99. The first-order chi connectivity index (χ1) is 15.0. The summed E-state index contributed by atoms with van der Waals surface area (Å²) >= 11 is 0. The van der Waals surface area contributed by atoms with Gasteiger partial charge in [-0.25, -0.2) is 14.4 Å². The molecular weight excluding hydrogens is 395 g/mol. The Bertz CT molecular complexity index is 1300. The van der Waals surface area contributed by atoms with Crippen LogP contribution in [0.2, 0.25) is 0 Å². The van der Waals surface area contributed by atoms with Crippen molar-refractivity contribution in [2.75, 3.05) is 11.1 Å². The van der Waals surface area contributed by atoms with Crippen LogP contribution in [-0.2, 0) is 4.79 Å². The molecule has 1 fully saturated rings. The van der Waals surface area contributed by atoms with E-state index in [-0.39, 0.29) is 29.3 Å². The smallest absolute Gasteiger partial charge is 0.229 e. The highest BCUT2D eigenvalue weighted by Gasteiger charge is 2.53. The summed E-state index contributed by atoms with van der Waals surface area (Å²) < 4.78 is 15.0. The van der Waals surface area contributed by atoms with Crippen LogP contribution in [0.4, 0.5) is 15.9 Å². The van der Waals surface area contributed by atoms with E-state index in [2.05, 4.69) is 25.3 Å². The highest BCUT2D eigenvalue weighted by Crippen LogP contribution is 2.53. The molecule has 4 aromatic rings. The zero-order valence-electron chi connectivity index (χ0n) is 17.1. The van der Waals surface area contributed by atoms with Crippen molar-refractivity contribution in [2.45, 2.75) is 19.8 Å². The molecular formula is C23H21FN6O. The Labute approximate surface area is 177 Å². The second-order valence-electron chi connectivity index (χ2n) is 8.04. The number of amides is 1. The van der Waals surface area contributed by atoms with Gasteiger partial charge in [-0.1, -0.05) is 6.92 Å². The van der Waals surface area contributed by atoms with Crippen molar-refractivity contribution in [2.24, 2.45) is 11.8 Å². The van der Waals surface area contributed by atoms with Crippen molar-refractivity contribution in [1.29, 1.82) is 0 Å². The first-order valence-corrected chi connectivity index (χ1v) is 10.0. The van der Waals surface area contributed by atoms with Crippen LogP contribution in [0.5, 0.6) is 0 Å². The van der Waals surface area contributed by atoms with Gasteiger partial charge in [0.1, 0.15) is 5.82 Å². The lowest BCUT2D eigenvalue weighted by molar-refractivity contribution is -0.117. The summed E-state index contributed by atoms with van der Waals surface area (Å²) in [6, 6.07) is 5.26. The molecule has 3 aromatic heterocycles. The number of aromatic amines is 1. The first-order valence-electron chi connectivity index (χ1n) is 10.0. The molecule has 1 aliphatic carbocycles. The molecule has 7 nitrogen and oxygen atoms in total. The number of nitrogens with two attached hydrogens (primary N) is 1. The number of aromatic nitrogens is 4. The van der Waals surface area contributed by atoms with E-state index in [1.54, 1.807) is 37.1 Å². The summed E-state index contributed by atoms with van der Waals surface area (Å²) in [5, 5.41) is 4.08. The fourth-order valence-corrected chi connectivity index (χ4v) is 4.31. The van der Waals surface area contributed by atoms with Gasteiger partial charge in [-0.05, 0) is 42.0 Å². The summed E-state index contributed by atoms with van der Waals surface area (Å²) in [5.74, 6) is -0.0166. The van der Waals surface area contributed by atoms with Crippen molar-refractivity contribution in [1.82, 2.24) is 19.9 Å². The number of fused-ring (bicyclic) bond motifs is 1. The first kappa shape index (κ1) is 19.2. The van der Waals surface area contributed by atoms with E-state index < -0.39 is 5.82 Å². The second kappa shape index (κ2) is 7.16. The number of nitrogens with one attached hydrogen (secondary N) is 2. The van der Waals surface area contributed by atoms with Crippen LogP contribution in [-0.4, -0.2) is 25.8 Å². The Morgan fingerprint density at radius 2 is 2.03 bits per heavy atom. The lowest BCUT2D eigenvalue weighted by Gasteiger charge is -2.12. The van der Waals surface area contributed by atoms with Crippen molar-refractivity contribution >= 4 is 28.2 Å². The molecule has 3 heterocycles. The van der Waals surface area contributed by atoms with Crippen LogP contribution >= 0.6 is 0 Å². The number of hydrogen-bond donors (Lipinski definition) is 3. The normalized spacial score (nSPS) is 20.0. The third kappa shape index (κ3) is 3.20. The van der Waals surface area contributed by atoms with Gasteiger partial charge in [-0.2, -0.15) is 0 Å². The van der Waals surface area contributed by atoms with E-state index >= 15 is 0 Å². The number of anilines is 2. The van der Waals surface area contributed by atoms with Crippen LogP contribution in [0.25, 0.3) is 21.9 Å². The van der Waals surface area contributed by atoms with Crippen molar-refractivity contribution in [3.8, 4) is 11.1 Å². The van der Waals surface area contributed by atoms with Gasteiger partial charge in [-0.3, -0.25) is 9.78 Å². The Morgan fingerprint density at radius 3 is 2.77 bits per heavy atom. The summed E-state index contributed by atoms with van der Waals surface area (Å²) in [7, 11) is 0. The number of nitrogens with zero attached hydrogens (tertiary/aromatic N) is 3. The minimum absolute atomic E-state index is 0.0243. The minimum Gasteiger partial charge on any atom is -0.396 e. The number of pyridine rings is 2. The van der Waals surface area contributed by atoms with Crippen molar-refractivity contribution in [3.63, 3.8) is 0 Å². The molecule has 31 heavy (non-hydrogen) atoms. The Kier molecular flexibility index (Phi) is 4.43. The van der Waals surface area contributed by atoms with Crippen LogP contribution < -0.4 is 11.1 Å². The number of carbonyl (C=O) groups excluding carboxylic acids is 1. The lowest BCUT2D eigenvalue weighted by Crippen LogP contribution is -2.16. The maximum atomic E-state index is 15.0. The predicted molar refractivity (Wildman–Crippen MR) is 117 cm³/mol. The van der Waals surface area contributed by atoms with E-state index in [1.807, 2.05) is 19.9 Å². The lowest BCUT2D eigenvalue weighted by atomic mass is 9.98. The van der Waals surface area contributed by atoms with E-state index in [9.17, 15) is 9.18 Å². The van der Waals surface area contributed by atoms with E-state index in [0.29, 0.717) is 27.7 Å². The monoisotopic (exact) mass is 416 g/mol. The zero-order chi connectivity index (χ0) is 21.7. The molecule has 0 saturated heterocycles. The Morgan fingerprint density at radius 1 is 1.19 bits per heavy atom. The number of imidazole rings is 1. The van der Waals surface area contributed by atoms with Gasteiger partial charge in [0.05, 0.1) is 17.9 Å². The van der Waals surface area contributed by atoms with Gasteiger partial charge in [0.2, 0.25) is 5.91 Å². The van der Waals surface area contributed by atoms with Gasteiger partial charge in [0.25, 0.3) is 0 Å². The Hall–Kier alpha value is -3.81. The molecule has 156 valence electrons. The molecule has 8 heteroatoms. The van der Waals surface area contributed by atoms with Crippen LogP contribution in [0, 0.1) is 24.6 Å².